The van der Waals surface area contributed by atoms with Crippen LogP contribution in [0.3, 0.4) is 0 Å². The first-order chi connectivity index (χ1) is 12.1. The molecule has 3 rings (SSSR count). The highest BCUT2D eigenvalue weighted by atomic mass is 16.3. The summed E-state index contributed by atoms with van der Waals surface area (Å²) in [6, 6.07) is 17.6. The largest absolute Gasteiger partial charge is 0.506 e. The van der Waals surface area contributed by atoms with Crippen LogP contribution < -0.4 is 11.1 Å². The van der Waals surface area contributed by atoms with Gasteiger partial charge >= 0.3 is 0 Å². The second-order valence-corrected chi connectivity index (χ2v) is 5.75. The lowest BCUT2D eigenvalue weighted by Crippen LogP contribution is -2.37. The Bertz CT molecular complexity index is 851. The maximum absolute atomic E-state index is 12.4. The van der Waals surface area contributed by atoms with Crippen molar-refractivity contribution >= 4 is 11.6 Å². The van der Waals surface area contributed by atoms with Gasteiger partial charge in [-0.2, -0.15) is 0 Å². The predicted octanol–water partition coefficient (Wildman–Crippen LogP) is 2.96. The molecule has 0 aliphatic heterocycles. The van der Waals surface area contributed by atoms with E-state index < -0.39 is 6.04 Å². The van der Waals surface area contributed by atoms with Gasteiger partial charge in [-0.15, -0.1) is 0 Å². The van der Waals surface area contributed by atoms with Crippen molar-refractivity contribution in [3.05, 3.63) is 78.6 Å². The van der Waals surface area contributed by atoms with Crippen LogP contribution in [0.5, 0.6) is 5.75 Å². The maximum Gasteiger partial charge on any atom is 0.241 e. The number of carbonyl (C=O) groups is 1. The Balaban J connectivity index is 1.74. The Morgan fingerprint density at radius 3 is 2.48 bits per heavy atom. The predicted molar refractivity (Wildman–Crippen MR) is 98.1 cm³/mol. The van der Waals surface area contributed by atoms with Crippen LogP contribution in [0.15, 0.2) is 73.1 Å². The molecule has 0 fully saturated rings. The first-order valence-electron chi connectivity index (χ1n) is 7.97. The van der Waals surface area contributed by atoms with Gasteiger partial charge in [0.1, 0.15) is 5.75 Å². The number of anilines is 1. The average molecular weight is 333 g/mol. The SMILES string of the molecule is NC(Cc1ccccc1)C(=O)Nc1cc(-c2ccncc2)ccc1O. The fraction of sp³-hybridized carbons (Fsp3) is 0.100. The van der Waals surface area contributed by atoms with Crippen LogP contribution in [0, 0.1) is 0 Å². The number of nitrogens with two attached hydrogens (primary N) is 1. The molecule has 5 nitrogen and oxygen atoms in total. The molecule has 3 aromatic rings. The van der Waals surface area contributed by atoms with E-state index in [9.17, 15) is 9.90 Å². The number of amides is 1. The minimum absolute atomic E-state index is 0.00179. The molecule has 1 unspecified atom stereocenters. The van der Waals surface area contributed by atoms with Gasteiger partial charge in [-0.1, -0.05) is 36.4 Å². The van der Waals surface area contributed by atoms with Crippen LogP contribution in [-0.2, 0) is 11.2 Å². The van der Waals surface area contributed by atoms with Crippen molar-refractivity contribution in [2.24, 2.45) is 5.73 Å². The first kappa shape index (κ1) is 16.7. The van der Waals surface area contributed by atoms with E-state index in [1.54, 1.807) is 30.6 Å². The summed E-state index contributed by atoms with van der Waals surface area (Å²) in [5, 5.41) is 12.7. The van der Waals surface area contributed by atoms with Crippen molar-refractivity contribution in [3.8, 4) is 16.9 Å². The van der Waals surface area contributed by atoms with Crippen molar-refractivity contribution in [3.63, 3.8) is 0 Å². The molecular weight excluding hydrogens is 314 g/mol. The van der Waals surface area contributed by atoms with Gasteiger partial charge in [0, 0.05) is 12.4 Å². The zero-order chi connectivity index (χ0) is 17.6. The lowest BCUT2D eigenvalue weighted by molar-refractivity contribution is -0.117. The molecule has 1 heterocycles. The Labute approximate surface area is 146 Å². The molecule has 126 valence electrons. The van der Waals surface area contributed by atoms with Crippen molar-refractivity contribution in [1.82, 2.24) is 4.98 Å². The Morgan fingerprint density at radius 2 is 1.76 bits per heavy atom. The molecule has 4 N–H and O–H groups in total. The van der Waals surface area contributed by atoms with E-state index in [1.165, 1.54) is 0 Å². The second-order valence-electron chi connectivity index (χ2n) is 5.75. The summed E-state index contributed by atoms with van der Waals surface area (Å²) < 4.78 is 0. The van der Waals surface area contributed by atoms with E-state index in [1.807, 2.05) is 42.5 Å². The maximum atomic E-state index is 12.4. The van der Waals surface area contributed by atoms with Crippen molar-refractivity contribution < 1.29 is 9.90 Å². The standard InChI is InChI=1S/C20H19N3O2/c21-17(12-14-4-2-1-3-5-14)20(25)23-18-13-16(6-7-19(18)24)15-8-10-22-11-9-15/h1-11,13,17,24H,12,21H2,(H,23,25). The summed E-state index contributed by atoms with van der Waals surface area (Å²) in [6.45, 7) is 0. The molecule has 5 heteroatoms. The summed E-state index contributed by atoms with van der Waals surface area (Å²) in [4.78, 5) is 16.3. The van der Waals surface area contributed by atoms with Crippen LogP contribution in [-0.4, -0.2) is 22.0 Å². The number of aromatic hydroxyl groups is 1. The molecule has 25 heavy (non-hydrogen) atoms. The molecular formula is C20H19N3O2. The number of pyridine rings is 1. The van der Waals surface area contributed by atoms with Crippen molar-refractivity contribution in [2.75, 3.05) is 5.32 Å². The molecule has 0 aliphatic rings. The van der Waals surface area contributed by atoms with Crippen LogP contribution in [0.4, 0.5) is 5.69 Å². The number of hydrogen-bond donors (Lipinski definition) is 3. The Kier molecular flexibility index (Phi) is 5.06. The van der Waals surface area contributed by atoms with E-state index in [-0.39, 0.29) is 11.7 Å². The fourth-order valence-corrected chi connectivity index (χ4v) is 2.55. The molecule has 0 saturated carbocycles. The molecule has 1 atom stereocenters. The topological polar surface area (TPSA) is 88.2 Å². The number of carbonyl (C=O) groups excluding carboxylic acids is 1. The number of hydrogen-bond acceptors (Lipinski definition) is 4. The van der Waals surface area contributed by atoms with Gasteiger partial charge in [-0.05, 0) is 47.4 Å². The number of benzene rings is 2. The minimum atomic E-state index is -0.702. The third kappa shape index (κ3) is 4.22. The third-order valence-electron chi connectivity index (χ3n) is 3.90. The van der Waals surface area contributed by atoms with Crippen LogP contribution >= 0.6 is 0 Å². The summed E-state index contributed by atoms with van der Waals surface area (Å²) in [5.74, 6) is -0.343. The van der Waals surface area contributed by atoms with Gasteiger partial charge in [0.05, 0.1) is 11.7 Å². The normalized spacial score (nSPS) is 11.7. The van der Waals surface area contributed by atoms with Crippen LogP contribution in [0.25, 0.3) is 11.1 Å². The molecule has 0 spiro atoms. The summed E-state index contributed by atoms with van der Waals surface area (Å²) in [7, 11) is 0. The Morgan fingerprint density at radius 1 is 1.04 bits per heavy atom. The number of nitrogens with zero attached hydrogens (tertiary/aromatic N) is 1. The Hall–Kier alpha value is -3.18. The highest BCUT2D eigenvalue weighted by Crippen LogP contribution is 2.29. The smallest absolute Gasteiger partial charge is 0.241 e. The monoisotopic (exact) mass is 333 g/mol. The second kappa shape index (κ2) is 7.59. The lowest BCUT2D eigenvalue weighted by Gasteiger charge is -2.14. The van der Waals surface area contributed by atoms with Gasteiger partial charge in [-0.3, -0.25) is 9.78 Å². The molecule has 1 aromatic heterocycles. The minimum Gasteiger partial charge on any atom is -0.506 e. The zero-order valence-electron chi connectivity index (χ0n) is 13.6. The van der Waals surface area contributed by atoms with Crippen LogP contribution in [0.1, 0.15) is 5.56 Å². The highest BCUT2D eigenvalue weighted by molar-refractivity contribution is 5.96. The first-order valence-corrected chi connectivity index (χ1v) is 7.97. The average Bonchev–Trinajstić information content (AvgIpc) is 2.65. The highest BCUT2D eigenvalue weighted by Gasteiger charge is 2.16. The quantitative estimate of drug-likeness (QED) is 0.626. The summed E-state index contributed by atoms with van der Waals surface area (Å²) in [6.07, 6.45) is 3.81. The molecule has 0 bridgehead atoms. The van der Waals surface area contributed by atoms with Crippen molar-refractivity contribution in [2.45, 2.75) is 12.5 Å². The summed E-state index contributed by atoms with van der Waals surface area (Å²) >= 11 is 0. The lowest BCUT2D eigenvalue weighted by atomic mass is 10.0. The van der Waals surface area contributed by atoms with Crippen molar-refractivity contribution in [1.29, 1.82) is 0 Å². The van der Waals surface area contributed by atoms with Gasteiger partial charge < -0.3 is 16.2 Å². The fourth-order valence-electron chi connectivity index (χ4n) is 2.55. The van der Waals surface area contributed by atoms with E-state index >= 15 is 0 Å². The number of phenolic OH excluding ortho intramolecular Hbond substituents is 1. The third-order valence-corrected chi connectivity index (χ3v) is 3.90. The molecule has 0 aliphatic carbocycles. The van der Waals surface area contributed by atoms with Gasteiger partial charge in [0.15, 0.2) is 0 Å². The number of rotatable bonds is 5. The van der Waals surface area contributed by atoms with Gasteiger partial charge in [0.2, 0.25) is 5.91 Å². The molecule has 1 amide bonds. The summed E-state index contributed by atoms with van der Waals surface area (Å²) in [5.41, 5.74) is 9.13. The van der Waals surface area contributed by atoms with Gasteiger partial charge in [-0.25, -0.2) is 0 Å². The zero-order valence-corrected chi connectivity index (χ0v) is 13.6. The molecule has 0 saturated heterocycles. The molecule has 2 aromatic carbocycles. The number of phenols is 1. The number of aromatic nitrogens is 1. The molecule has 0 radical (unpaired) electrons. The van der Waals surface area contributed by atoms with Gasteiger partial charge in [0.25, 0.3) is 0 Å². The van der Waals surface area contributed by atoms with E-state index in [2.05, 4.69) is 10.3 Å². The number of nitrogens with one attached hydrogen (secondary N) is 1. The van der Waals surface area contributed by atoms with E-state index in [0.29, 0.717) is 12.1 Å². The van der Waals surface area contributed by atoms with Crippen LogP contribution in [0.2, 0.25) is 0 Å². The van der Waals surface area contributed by atoms with E-state index in [4.69, 9.17) is 5.73 Å². The van der Waals surface area contributed by atoms with E-state index in [0.717, 1.165) is 16.7 Å².